The van der Waals surface area contributed by atoms with E-state index in [2.05, 4.69) is 9.72 Å². The van der Waals surface area contributed by atoms with Crippen molar-refractivity contribution < 1.29 is 9.13 Å². The predicted molar refractivity (Wildman–Crippen MR) is 39.9 cm³/mol. The molecule has 12 heavy (non-hydrogen) atoms. The van der Waals surface area contributed by atoms with Gasteiger partial charge >= 0.3 is 0 Å². The van der Waals surface area contributed by atoms with E-state index in [1.54, 1.807) is 6.07 Å². The van der Waals surface area contributed by atoms with Crippen molar-refractivity contribution in [2.75, 3.05) is 12.8 Å². The number of hydrogen-bond donors (Lipinski definition) is 1. The van der Waals surface area contributed by atoms with Crippen molar-refractivity contribution >= 4 is 5.82 Å². The number of nitrogen functional groups attached to an aromatic ring is 1. The number of ether oxygens (including phenoxy) is 1. The molecule has 0 saturated heterocycles. The fourth-order valence-electron chi connectivity index (χ4n) is 0.763. The van der Waals surface area contributed by atoms with E-state index in [1.807, 2.05) is 0 Å². The highest BCUT2D eigenvalue weighted by Crippen LogP contribution is 2.23. The first-order chi connectivity index (χ1) is 5.70. The lowest BCUT2D eigenvalue weighted by Gasteiger charge is -2.03. The van der Waals surface area contributed by atoms with Gasteiger partial charge in [0.1, 0.15) is 11.6 Å². The minimum Gasteiger partial charge on any atom is -0.492 e. The molecule has 1 heterocycles. The zero-order valence-corrected chi connectivity index (χ0v) is 6.34. The summed E-state index contributed by atoms with van der Waals surface area (Å²) < 4.78 is 17.6. The first-order valence-corrected chi connectivity index (χ1v) is 3.08. The van der Waals surface area contributed by atoms with Crippen LogP contribution in [0.5, 0.6) is 5.75 Å². The molecule has 1 rings (SSSR count). The maximum atomic E-state index is 13.0. The summed E-state index contributed by atoms with van der Waals surface area (Å²) in [5, 5.41) is 8.49. The Kier molecular flexibility index (Phi) is 2.10. The maximum Gasteiger partial charge on any atom is 0.208 e. The molecule has 0 spiro atoms. The van der Waals surface area contributed by atoms with Gasteiger partial charge in [-0.2, -0.15) is 9.65 Å². The van der Waals surface area contributed by atoms with E-state index < -0.39 is 5.82 Å². The first kappa shape index (κ1) is 8.27. The molecule has 0 fully saturated rings. The Morgan fingerprint density at radius 2 is 2.42 bits per heavy atom. The Hall–Kier alpha value is -1.83. The maximum absolute atomic E-state index is 13.0. The third kappa shape index (κ3) is 1.14. The average molecular weight is 167 g/mol. The molecule has 0 radical (unpaired) electrons. The molecule has 0 atom stereocenters. The van der Waals surface area contributed by atoms with Crippen LogP contribution in [-0.4, -0.2) is 12.1 Å². The van der Waals surface area contributed by atoms with Crippen molar-refractivity contribution in [1.82, 2.24) is 4.98 Å². The number of nitrogens with zero attached hydrogens (tertiary/aromatic N) is 2. The van der Waals surface area contributed by atoms with Crippen LogP contribution in [0.15, 0.2) is 6.20 Å². The van der Waals surface area contributed by atoms with Crippen LogP contribution in [0.3, 0.4) is 0 Å². The summed E-state index contributed by atoms with van der Waals surface area (Å²) in [7, 11) is 1.26. The smallest absolute Gasteiger partial charge is 0.208 e. The molecule has 0 aliphatic heterocycles. The summed E-state index contributed by atoms with van der Waals surface area (Å²) in [6, 6.07) is 1.73. The minimum atomic E-state index is -0.795. The number of nitrogens with two attached hydrogens (primary N) is 1. The van der Waals surface area contributed by atoms with Gasteiger partial charge in [-0.25, -0.2) is 4.98 Å². The molecule has 4 nitrogen and oxygen atoms in total. The van der Waals surface area contributed by atoms with Gasteiger partial charge in [-0.05, 0) is 0 Å². The summed E-state index contributed by atoms with van der Waals surface area (Å²) >= 11 is 0. The summed E-state index contributed by atoms with van der Waals surface area (Å²) in [4.78, 5) is 3.46. The number of halogens is 1. The topological polar surface area (TPSA) is 71.9 Å². The van der Waals surface area contributed by atoms with Crippen LogP contribution in [0.2, 0.25) is 0 Å². The van der Waals surface area contributed by atoms with Gasteiger partial charge in [-0.1, -0.05) is 0 Å². The third-order valence-corrected chi connectivity index (χ3v) is 1.33. The molecule has 0 amide bonds. The Morgan fingerprint density at radius 3 is 2.92 bits per heavy atom. The second-order valence-corrected chi connectivity index (χ2v) is 2.02. The molecule has 2 N–H and O–H groups in total. The molecule has 0 saturated carbocycles. The van der Waals surface area contributed by atoms with Crippen LogP contribution in [0.1, 0.15) is 5.56 Å². The van der Waals surface area contributed by atoms with Gasteiger partial charge in [-0.3, -0.25) is 0 Å². The number of anilines is 1. The van der Waals surface area contributed by atoms with Crippen LogP contribution < -0.4 is 10.5 Å². The molecule has 0 aromatic carbocycles. The molecule has 5 heteroatoms. The van der Waals surface area contributed by atoms with Gasteiger partial charge in [0, 0.05) is 0 Å². The second kappa shape index (κ2) is 3.05. The van der Waals surface area contributed by atoms with E-state index in [1.165, 1.54) is 7.11 Å². The quantitative estimate of drug-likeness (QED) is 0.667. The highest BCUT2D eigenvalue weighted by molar-refractivity contribution is 5.49. The minimum absolute atomic E-state index is 0.0317. The van der Waals surface area contributed by atoms with E-state index in [4.69, 9.17) is 11.0 Å². The lowest BCUT2D eigenvalue weighted by atomic mass is 10.2. The van der Waals surface area contributed by atoms with Gasteiger partial charge in [-0.15, -0.1) is 0 Å². The number of pyridine rings is 1. The number of nitriles is 1. The average Bonchev–Trinajstić information content (AvgIpc) is 2.09. The zero-order valence-electron chi connectivity index (χ0n) is 6.34. The Balaban J connectivity index is 3.38. The largest absolute Gasteiger partial charge is 0.492 e. The summed E-state index contributed by atoms with van der Waals surface area (Å²) in [6.45, 7) is 0. The lowest BCUT2D eigenvalue weighted by molar-refractivity contribution is 0.385. The van der Waals surface area contributed by atoms with Crippen LogP contribution in [-0.2, 0) is 0 Å². The molecule has 62 valence electrons. The third-order valence-electron chi connectivity index (χ3n) is 1.33. The van der Waals surface area contributed by atoms with Gasteiger partial charge < -0.3 is 10.5 Å². The molecule has 1 aromatic heterocycles. The Morgan fingerprint density at radius 1 is 1.75 bits per heavy atom. The van der Waals surface area contributed by atoms with Gasteiger partial charge in [0.15, 0.2) is 11.6 Å². The second-order valence-electron chi connectivity index (χ2n) is 2.02. The Labute approximate surface area is 68.4 Å². The van der Waals surface area contributed by atoms with Crippen molar-refractivity contribution in [3.05, 3.63) is 17.6 Å². The molecular formula is C7H6FN3O. The van der Waals surface area contributed by atoms with Crippen LogP contribution in [0.4, 0.5) is 10.2 Å². The molecule has 0 aliphatic rings. The highest BCUT2D eigenvalue weighted by atomic mass is 19.1. The van der Waals surface area contributed by atoms with Crippen molar-refractivity contribution in [1.29, 1.82) is 5.26 Å². The SMILES string of the molecule is COc1c(C#N)cnc(N)c1F. The molecule has 0 bridgehead atoms. The lowest BCUT2D eigenvalue weighted by Crippen LogP contribution is -2.00. The van der Waals surface area contributed by atoms with Gasteiger partial charge in [0.25, 0.3) is 0 Å². The zero-order chi connectivity index (χ0) is 9.14. The normalized spacial score (nSPS) is 9.08. The van der Waals surface area contributed by atoms with Crippen molar-refractivity contribution in [2.45, 2.75) is 0 Å². The standard InChI is InChI=1S/C7H6FN3O/c1-12-6-4(2-9)3-11-7(10)5(6)8/h3H,1H3,(H2,10,11). The van der Waals surface area contributed by atoms with E-state index in [0.717, 1.165) is 6.20 Å². The van der Waals surface area contributed by atoms with Crippen LogP contribution >= 0.6 is 0 Å². The highest BCUT2D eigenvalue weighted by Gasteiger charge is 2.12. The fourth-order valence-corrected chi connectivity index (χ4v) is 0.763. The number of aromatic nitrogens is 1. The van der Waals surface area contributed by atoms with Crippen molar-refractivity contribution in [3.8, 4) is 11.8 Å². The molecular weight excluding hydrogens is 161 g/mol. The van der Waals surface area contributed by atoms with Gasteiger partial charge in [0.05, 0.1) is 13.3 Å². The van der Waals surface area contributed by atoms with E-state index >= 15 is 0 Å². The fraction of sp³-hybridized carbons (Fsp3) is 0.143. The summed E-state index contributed by atoms with van der Waals surface area (Å²) in [5.74, 6) is -1.23. The summed E-state index contributed by atoms with van der Waals surface area (Å²) in [6.07, 6.45) is 1.16. The number of hydrogen-bond acceptors (Lipinski definition) is 4. The van der Waals surface area contributed by atoms with Gasteiger partial charge in [0.2, 0.25) is 5.82 Å². The summed E-state index contributed by atoms with van der Waals surface area (Å²) in [5.41, 5.74) is 5.18. The molecule has 0 unspecified atom stereocenters. The van der Waals surface area contributed by atoms with Crippen LogP contribution in [0, 0.1) is 17.1 Å². The predicted octanol–water partition coefficient (Wildman–Crippen LogP) is 0.683. The van der Waals surface area contributed by atoms with Crippen molar-refractivity contribution in [2.24, 2.45) is 0 Å². The van der Waals surface area contributed by atoms with Crippen LogP contribution in [0.25, 0.3) is 0 Å². The van der Waals surface area contributed by atoms with E-state index in [9.17, 15) is 4.39 Å². The number of rotatable bonds is 1. The van der Waals surface area contributed by atoms with Crippen molar-refractivity contribution in [3.63, 3.8) is 0 Å². The monoisotopic (exact) mass is 167 g/mol. The molecule has 1 aromatic rings. The van der Waals surface area contributed by atoms with E-state index in [0.29, 0.717) is 0 Å². The first-order valence-electron chi connectivity index (χ1n) is 3.08. The Bertz CT molecular complexity index is 345. The van der Waals surface area contributed by atoms with E-state index in [-0.39, 0.29) is 17.1 Å². The molecule has 0 aliphatic carbocycles. The number of methoxy groups -OCH3 is 1.